The second kappa shape index (κ2) is 2.74. The van der Waals surface area contributed by atoms with E-state index in [2.05, 4.69) is 24.3 Å². The van der Waals surface area contributed by atoms with Crippen LogP contribution < -0.4 is 0 Å². The fraction of sp³-hybridized carbons (Fsp3) is 0.636. The SMILES string of the molecule is CC(O)CCC12C=CC=CC1C2. The molecule has 0 aromatic rings. The van der Waals surface area contributed by atoms with E-state index in [0.717, 1.165) is 18.8 Å². The molecule has 2 rings (SSSR count). The molecule has 0 aliphatic heterocycles. The highest BCUT2D eigenvalue weighted by molar-refractivity contribution is 5.28. The molecule has 1 saturated carbocycles. The van der Waals surface area contributed by atoms with E-state index in [9.17, 15) is 5.11 Å². The van der Waals surface area contributed by atoms with Gasteiger partial charge in [0.25, 0.3) is 0 Å². The average Bonchev–Trinajstić information content (AvgIpc) is 2.75. The highest BCUT2D eigenvalue weighted by Crippen LogP contribution is 2.59. The molecule has 2 aliphatic rings. The molecule has 0 aromatic heterocycles. The fourth-order valence-corrected chi connectivity index (χ4v) is 2.10. The number of allylic oxidation sites excluding steroid dienone is 4. The maximum absolute atomic E-state index is 9.17. The van der Waals surface area contributed by atoms with E-state index in [1.165, 1.54) is 6.42 Å². The zero-order valence-corrected chi connectivity index (χ0v) is 7.53. The molecule has 2 aliphatic carbocycles. The molecule has 1 fully saturated rings. The molecule has 1 N–H and O–H groups in total. The summed E-state index contributed by atoms with van der Waals surface area (Å²) in [6, 6.07) is 0. The van der Waals surface area contributed by atoms with Crippen LogP contribution in [0.25, 0.3) is 0 Å². The third kappa shape index (κ3) is 1.34. The minimum absolute atomic E-state index is 0.139. The zero-order valence-electron chi connectivity index (χ0n) is 7.53. The molecule has 12 heavy (non-hydrogen) atoms. The molecule has 0 saturated heterocycles. The molecule has 66 valence electrons. The molecule has 0 radical (unpaired) electrons. The summed E-state index contributed by atoms with van der Waals surface area (Å²) < 4.78 is 0. The molecule has 0 heterocycles. The first-order valence-electron chi connectivity index (χ1n) is 4.77. The second-order valence-electron chi connectivity index (χ2n) is 4.18. The Kier molecular flexibility index (Phi) is 1.84. The van der Waals surface area contributed by atoms with Gasteiger partial charge < -0.3 is 5.11 Å². The Morgan fingerprint density at radius 3 is 3.08 bits per heavy atom. The molecule has 1 heteroatoms. The Bertz CT molecular complexity index is 227. The van der Waals surface area contributed by atoms with Gasteiger partial charge in [-0.25, -0.2) is 0 Å². The first-order chi connectivity index (χ1) is 5.73. The van der Waals surface area contributed by atoms with Gasteiger partial charge in [0, 0.05) is 0 Å². The quantitative estimate of drug-likeness (QED) is 0.678. The van der Waals surface area contributed by atoms with Crippen LogP contribution in [0, 0.1) is 11.3 Å². The van der Waals surface area contributed by atoms with E-state index in [1.54, 1.807) is 0 Å². The van der Waals surface area contributed by atoms with Crippen LogP contribution in [0.3, 0.4) is 0 Å². The summed E-state index contributed by atoms with van der Waals surface area (Å²) in [5.74, 6) is 0.779. The molecule has 0 amide bonds. The lowest BCUT2D eigenvalue weighted by molar-refractivity contribution is 0.174. The summed E-state index contributed by atoms with van der Waals surface area (Å²) in [5, 5.41) is 9.17. The number of hydrogen-bond donors (Lipinski definition) is 1. The monoisotopic (exact) mass is 164 g/mol. The van der Waals surface area contributed by atoms with Crippen molar-refractivity contribution >= 4 is 0 Å². The lowest BCUT2D eigenvalue weighted by Gasteiger charge is -2.14. The fourth-order valence-electron chi connectivity index (χ4n) is 2.10. The van der Waals surface area contributed by atoms with Gasteiger partial charge in [0.2, 0.25) is 0 Å². The summed E-state index contributed by atoms with van der Waals surface area (Å²) in [4.78, 5) is 0. The minimum Gasteiger partial charge on any atom is -0.393 e. The molecule has 0 bridgehead atoms. The smallest absolute Gasteiger partial charge is 0.0512 e. The maximum Gasteiger partial charge on any atom is 0.0512 e. The Labute approximate surface area is 73.8 Å². The van der Waals surface area contributed by atoms with E-state index in [0.29, 0.717) is 5.41 Å². The van der Waals surface area contributed by atoms with E-state index >= 15 is 0 Å². The van der Waals surface area contributed by atoms with Crippen molar-refractivity contribution in [1.82, 2.24) is 0 Å². The van der Waals surface area contributed by atoms with Gasteiger partial charge in [0.15, 0.2) is 0 Å². The standard InChI is InChI=1S/C11H16O/c1-9(12)5-7-11-6-3-2-4-10(11)8-11/h2-4,6,9-10,12H,5,7-8H2,1H3. The number of rotatable bonds is 3. The lowest BCUT2D eigenvalue weighted by atomic mass is 9.93. The Morgan fingerprint density at radius 1 is 1.58 bits per heavy atom. The first-order valence-corrected chi connectivity index (χ1v) is 4.77. The summed E-state index contributed by atoms with van der Waals surface area (Å²) >= 11 is 0. The van der Waals surface area contributed by atoms with Gasteiger partial charge in [-0.05, 0) is 37.5 Å². The van der Waals surface area contributed by atoms with Crippen LogP contribution in [0.1, 0.15) is 26.2 Å². The van der Waals surface area contributed by atoms with Gasteiger partial charge in [0.1, 0.15) is 0 Å². The average molecular weight is 164 g/mol. The van der Waals surface area contributed by atoms with E-state index in [4.69, 9.17) is 0 Å². The van der Waals surface area contributed by atoms with Crippen molar-refractivity contribution < 1.29 is 5.11 Å². The second-order valence-corrected chi connectivity index (χ2v) is 4.18. The third-order valence-electron chi connectivity index (χ3n) is 3.09. The molecular formula is C11H16O. The van der Waals surface area contributed by atoms with Crippen LogP contribution in [0.5, 0.6) is 0 Å². The van der Waals surface area contributed by atoms with Crippen LogP contribution in [0.2, 0.25) is 0 Å². The molecule has 0 spiro atoms. The molecule has 0 aromatic carbocycles. The van der Waals surface area contributed by atoms with Crippen molar-refractivity contribution in [1.29, 1.82) is 0 Å². The van der Waals surface area contributed by atoms with Crippen molar-refractivity contribution in [2.45, 2.75) is 32.3 Å². The van der Waals surface area contributed by atoms with Crippen molar-refractivity contribution in [2.75, 3.05) is 0 Å². The molecule has 3 unspecified atom stereocenters. The van der Waals surface area contributed by atoms with Crippen LogP contribution in [0.4, 0.5) is 0 Å². The van der Waals surface area contributed by atoms with E-state index < -0.39 is 0 Å². The normalized spacial score (nSPS) is 39.3. The first kappa shape index (κ1) is 8.06. The highest BCUT2D eigenvalue weighted by atomic mass is 16.3. The van der Waals surface area contributed by atoms with Crippen LogP contribution >= 0.6 is 0 Å². The van der Waals surface area contributed by atoms with Gasteiger partial charge in [-0.3, -0.25) is 0 Å². The van der Waals surface area contributed by atoms with Gasteiger partial charge in [-0.1, -0.05) is 24.3 Å². The van der Waals surface area contributed by atoms with Crippen molar-refractivity contribution in [3.63, 3.8) is 0 Å². The minimum atomic E-state index is -0.139. The predicted molar refractivity (Wildman–Crippen MR) is 49.7 cm³/mol. The van der Waals surface area contributed by atoms with Crippen LogP contribution in [-0.4, -0.2) is 11.2 Å². The van der Waals surface area contributed by atoms with Crippen LogP contribution in [0.15, 0.2) is 24.3 Å². The number of aliphatic hydroxyl groups is 1. The summed E-state index contributed by atoms with van der Waals surface area (Å²) in [6.07, 6.45) is 12.1. The van der Waals surface area contributed by atoms with Crippen molar-refractivity contribution in [3.8, 4) is 0 Å². The molecule has 1 nitrogen and oxygen atoms in total. The summed E-state index contributed by atoms with van der Waals surface area (Å²) in [7, 11) is 0. The largest absolute Gasteiger partial charge is 0.393 e. The predicted octanol–water partition coefficient (Wildman–Crippen LogP) is 2.28. The topological polar surface area (TPSA) is 20.2 Å². The number of aliphatic hydroxyl groups excluding tert-OH is 1. The van der Waals surface area contributed by atoms with Gasteiger partial charge in [-0.2, -0.15) is 0 Å². The van der Waals surface area contributed by atoms with Gasteiger partial charge >= 0.3 is 0 Å². The summed E-state index contributed by atoms with van der Waals surface area (Å²) in [5.41, 5.74) is 0.450. The third-order valence-corrected chi connectivity index (χ3v) is 3.09. The van der Waals surface area contributed by atoms with Gasteiger partial charge in [0.05, 0.1) is 6.10 Å². The Hall–Kier alpha value is -0.560. The molecular weight excluding hydrogens is 148 g/mol. The molecule has 3 atom stereocenters. The summed E-state index contributed by atoms with van der Waals surface area (Å²) in [6.45, 7) is 1.87. The highest BCUT2D eigenvalue weighted by Gasteiger charge is 2.50. The number of fused-ring (bicyclic) bond motifs is 1. The van der Waals surface area contributed by atoms with Crippen molar-refractivity contribution in [2.24, 2.45) is 11.3 Å². The Morgan fingerprint density at radius 2 is 2.42 bits per heavy atom. The van der Waals surface area contributed by atoms with Crippen molar-refractivity contribution in [3.05, 3.63) is 24.3 Å². The van der Waals surface area contributed by atoms with E-state index in [1.807, 2.05) is 6.92 Å². The zero-order chi connectivity index (χ0) is 8.60. The number of hydrogen-bond acceptors (Lipinski definition) is 1. The lowest BCUT2D eigenvalue weighted by Crippen LogP contribution is -2.07. The van der Waals surface area contributed by atoms with Crippen LogP contribution in [-0.2, 0) is 0 Å². The van der Waals surface area contributed by atoms with E-state index in [-0.39, 0.29) is 6.10 Å². The van der Waals surface area contributed by atoms with Gasteiger partial charge in [-0.15, -0.1) is 0 Å². The Balaban J connectivity index is 1.90. The maximum atomic E-state index is 9.17.